The maximum Gasteiger partial charge on any atom is 0.189 e. The minimum absolute atomic E-state index is 0.114. The first-order chi connectivity index (χ1) is 10.5. The van der Waals surface area contributed by atoms with Crippen molar-refractivity contribution < 1.29 is 4.52 Å². The lowest BCUT2D eigenvalue weighted by Crippen LogP contribution is -2.66. The fourth-order valence-electron chi connectivity index (χ4n) is 4.08. The summed E-state index contributed by atoms with van der Waals surface area (Å²) >= 11 is 12.2. The molecule has 0 radical (unpaired) electrons. The molecule has 22 heavy (non-hydrogen) atoms. The summed E-state index contributed by atoms with van der Waals surface area (Å²) in [5, 5.41) is 9.62. The van der Waals surface area contributed by atoms with Gasteiger partial charge in [0, 0.05) is 11.6 Å². The van der Waals surface area contributed by atoms with Gasteiger partial charge in [-0.15, -0.1) is 0 Å². The third-order valence-corrected chi connectivity index (χ3v) is 6.20. The molecule has 1 aromatic heterocycles. The largest absolute Gasteiger partial charge is 0.362 e. The molecule has 0 unspecified atom stereocenters. The van der Waals surface area contributed by atoms with Gasteiger partial charge in [-0.1, -0.05) is 28.4 Å². The van der Waals surface area contributed by atoms with E-state index in [1.807, 2.05) is 6.07 Å². The Morgan fingerprint density at radius 1 is 1.27 bits per heavy atom. The molecule has 4 heterocycles. The lowest BCUT2D eigenvalue weighted by atomic mass is 9.72. The van der Waals surface area contributed by atoms with Gasteiger partial charge in [0.1, 0.15) is 5.02 Å². The Morgan fingerprint density at radius 2 is 2.00 bits per heavy atom. The summed E-state index contributed by atoms with van der Waals surface area (Å²) in [5.74, 6) is 1.44. The van der Waals surface area contributed by atoms with Gasteiger partial charge in [-0.05, 0) is 57.8 Å². The number of benzene rings is 1. The summed E-state index contributed by atoms with van der Waals surface area (Å²) < 4.78 is 5.41. The molecule has 2 bridgehead atoms. The first-order valence-corrected chi connectivity index (χ1v) is 8.49. The molecular formula is C16H19Cl2N3O. The van der Waals surface area contributed by atoms with Crippen molar-refractivity contribution in [2.24, 2.45) is 5.92 Å². The fourth-order valence-corrected chi connectivity index (χ4v) is 4.42. The van der Waals surface area contributed by atoms with E-state index in [4.69, 9.17) is 27.7 Å². The molecule has 3 saturated heterocycles. The number of aromatic nitrogens is 1. The van der Waals surface area contributed by atoms with Crippen molar-refractivity contribution >= 4 is 40.0 Å². The zero-order chi connectivity index (χ0) is 15.5. The number of rotatable bonds is 2. The van der Waals surface area contributed by atoms with Crippen LogP contribution in [0.25, 0.3) is 11.0 Å². The first kappa shape index (κ1) is 14.6. The number of anilines is 1. The summed E-state index contributed by atoms with van der Waals surface area (Å²) in [6, 6.07) is 4.06. The van der Waals surface area contributed by atoms with Crippen LogP contribution in [0.5, 0.6) is 0 Å². The molecule has 5 rings (SSSR count). The van der Waals surface area contributed by atoms with E-state index >= 15 is 0 Å². The van der Waals surface area contributed by atoms with Gasteiger partial charge in [-0.2, -0.15) is 0 Å². The Hall–Kier alpha value is -0.970. The van der Waals surface area contributed by atoms with Crippen LogP contribution in [0.1, 0.15) is 26.7 Å². The molecule has 2 aromatic rings. The molecule has 1 N–H and O–H groups in total. The van der Waals surface area contributed by atoms with Crippen molar-refractivity contribution in [3.8, 4) is 0 Å². The molecule has 0 aliphatic carbocycles. The van der Waals surface area contributed by atoms with Crippen LogP contribution in [-0.2, 0) is 0 Å². The standard InChI is InChI=1S/C16H19Cl2N3O/c1-16(2)14(9-5-7-21(16)8-6-9)19-15-10-3-4-11(17)12(18)13(10)22-20-15/h3-4,9,14H,5-8H2,1-2H3,(H,19,20)/t14-/m0/s1. The number of piperidine rings is 3. The van der Waals surface area contributed by atoms with Crippen molar-refractivity contribution in [3.05, 3.63) is 22.2 Å². The summed E-state index contributed by atoms with van der Waals surface area (Å²) in [7, 11) is 0. The molecular weight excluding hydrogens is 321 g/mol. The van der Waals surface area contributed by atoms with Crippen LogP contribution >= 0.6 is 23.2 Å². The third kappa shape index (κ3) is 2.04. The summed E-state index contributed by atoms with van der Waals surface area (Å²) in [5.41, 5.74) is 0.665. The van der Waals surface area contributed by atoms with Crippen molar-refractivity contribution in [2.75, 3.05) is 18.4 Å². The summed E-state index contributed by atoms with van der Waals surface area (Å²) in [6.45, 7) is 7.00. The highest BCUT2D eigenvalue weighted by atomic mass is 35.5. The van der Waals surface area contributed by atoms with Crippen LogP contribution in [-0.4, -0.2) is 34.7 Å². The maximum atomic E-state index is 6.20. The second kappa shape index (κ2) is 5.02. The molecule has 4 nitrogen and oxygen atoms in total. The van der Waals surface area contributed by atoms with E-state index in [1.165, 1.54) is 25.9 Å². The number of halogens is 2. The van der Waals surface area contributed by atoms with E-state index in [-0.39, 0.29) is 5.54 Å². The Balaban J connectivity index is 1.70. The van der Waals surface area contributed by atoms with E-state index in [9.17, 15) is 0 Å². The van der Waals surface area contributed by atoms with Gasteiger partial charge in [0.15, 0.2) is 11.4 Å². The zero-order valence-corrected chi connectivity index (χ0v) is 14.2. The summed E-state index contributed by atoms with van der Waals surface area (Å²) in [4.78, 5) is 2.57. The lowest BCUT2D eigenvalue weighted by molar-refractivity contribution is -0.0189. The SMILES string of the molecule is CC1(C)[C@@H](Nc2noc3c(Cl)c(Cl)ccc23)C2CCN1CC2. The van der Waals surface area contributed by atoms with E-state index in [1.54, 1.807) is 6.07 Å². The zero-order valence-electron chi connectivity index (χ0n) is 12.7. The molecule has 3 aliphatic heterocycles. The Morgan fingerprint density at radius 3 is 2.68 bits per heavy atom. The maximum absolute atomic E-state index is 6.20. The van der Waals surface area contributed by atoms with E-state index < -0.39 is 0 Å². The van der Waals surface area contributed by atoms with Crippen LogP contribution in [0.15, 0.2) is 16.7 Å². The molecule has 1 aromatic carbocycles. The number of hydrogen-bond donors (Lipinski definition) is 1. The second-order valence-corrected chi connectivity index (χ2v) is 7.65. The smallest absolute Gasteiger partial charge is 0.189 e. The predicted octanol–water partition coefficient (Wildman–Crippen LogP) is 4.42. The van der Waals surface area contributed by atoms with Gasteiger partial charge in [0.2, 0.25) is 0 Å². The van der Waals surface area contributed by atoms with Crippen LogP contribution in [0.4, 0.5) is 5.82 Å². The number of fused-ring (bicyclic) bond motifs is 4. The molecule has 3 fully saturated rings. The second-order valence-electron chi connectivity index (χ2n) is 6.87. The van der Waals surface area contributed by atoms with E-state index in [2.05, 4.69) is 29.2 Å². The van der Waals surface area contributed by atoms with Gasteiger partial charge in [0.05, 0.1) is 10.4 Å². The molecule has 6 heteroatoms. The highest BCUT2D eigenvalue weighted by Crippen LogP contribution is 2.42. The number of hydrogen-bond acceptors (Lipinski definition) is 4. The number of nitrogens with one attached hydrogen (secondary N) is 1. The average molecular weight is 340 g/mol. The highest BCUT2D eigenvalue weighted by molar-refractivity contribution is 6.45. The highest BCUT2D eigenvalue weighted by Gasteiger charge is 2.47. The first-order valence-electron chi connectivity index (χ1n) is 7.73. The molecule has 3 aliphatic rings. The van der Waals surface area contributed by atoms with Gasteiger partial charge in [0.25, 0.3) is 0 Å². The quantitative estimate of drug-likeness (QED) is 0.879. The minimum Gasteiger partial charge on any atom is -0.362 e. The van der Waals surface area contributed by atoms with Crippen molar-refractivity contribution in [2.45, 2.75) is 38.3 Å². The third-order valence-electron chi connectivity index (χ3n) is 5.41. The molecule has 0 amide bonds. The van der Waals surface area contributed by atoms with E-state index in [0.717, 1.165) is 11.2 Å². The normalized spacial score (nSPS) is 29.9. The minimum atomic E-state index is 0.114. The van der Waals surface area contributed by atoms with Gasteiger partial charge >= 0.3 is 0 Å². The molecule has 0 saturated carbocycles. The van der Waals surface area contributed by atoms with Gasteiger partial charge in [-0.3, -0.25) is 4.90 Å². The van der Waals surface area contributed by atoms with Gasteiger partial charge < -0.3 is 9.84 Å². The van der Waals surface area contributed by atoms with E-state index in [0.29, 0.717) is 27.6 Å². The average Bonchev–Trinajstić information content (AvgIpc) is 2.91. The Kier molecular flexibility index (Phi) is 3.33. The monoisotopic (exact) mass is 339 g/mol. The van der Waals surface area contributed by atoms with Crippen LogP contribution < -0.4 is 5.32 Å². The predicted molar refractivity (Wildman–Crippen MR) is 89.8 cm³/mol. The molecule has 118 valence electrons. The van der Waals surface area contributed by atoms with Crippen LogP contribution in [0, 0.1) is 5.92 Å². The van der Waals surface area contributed by atoms with Crippen molar-refractivity contribution in [1.82, 2.24) is 10.1 Å². The molecule has 1 atom stereocenters. The fraction of sp³-hybridized carbons (Fsp3) is 0.562. The molecule has 0 spiro atoms. The van der Waals surface area contributed by atoms with Crippen molar-refractivity contribution in [3.63, 3.8) is 0 Å². The Labute approximate surface area is 139 Å². The number of nitrogens with zero attached hydrogens (tertiary/aromatic N) is 2. The van der Waals surface area contributed by atoms with Crippen LogP contribution in [0.2, 0.25) is 10.0 Å². The Bertz CT molecular complexity index is 719. The van der Waals surface area contributed by atoms with Gasteiger partial charge in [-0.25, -0.2) is 0 Å². The van der Waals surface area contributed by atoms with Crippen molar-refractivity contribution in [1.29, 1.82) is 0 Å². The lowest BCUT2D eigenvalue weighted by Gasteiger charge is -2.56. The van der Waals surface area contributed by atoms with Crippen LogP contribution in [0.3, 0.4) is 0 Å². The topological polar surface area (TPSA) is 41.3 Å². The summed E-state index contributed by atoms with van der Waals surface area (Å²) in [6.07, 6.45) is 2.48.